The van der Waals surface area contributed by atoms with Crippen molar-refractivity contribution in [2.75, 3.05) is 13.7 Å². The zero-order valence-electron chi connectivity index (χ0n) is 12.7. The van der Waals surface area contributed by atoms with Crippen LogP contribution in [0.1, 0.15) is 25.8 Å². The second kappa shape index (κ2) is 7.42. The molecule has 1 aromatic rings. The van der Waals surface area contributed by atoms with Crippen LogP contribution >= 0.6 is 0 Å². The van der Waals surface area contributed by atoms with Gasteiger partial charge in [-0.25, -0.2) is 17.9 Å². The van der Waals surface area contributed by atoms with Crippen molar-refractivity contribution in [2.45, 2.75) is 38.1 Å². The second-order valence-electron chi connectivity index (χ2n) is 4.72. The summed E-state index contributed by atoms with van der Waals surface area (Å²) in [4.78, 5) is 11.2. The number of carbonyl (C=O) groups excluding carboxylic acids is 1. The first kappa shape index (κ1) is 17.5. The van der Waals surface area contributed by atoms with E-state index in [0.717, 1.165) is 0 Å². The van der Waals surface area contributed by atoms with E-state index < -0.39 is 16.0 Å². The molecule has 0 amide bonds. The Labute approximate surface area is 125 Å². The van der Waals surface area contributed by atoms with Gasteiger partial charge in [-0.3, -0.25) is 0 Å². The maximum absolute atomic E-state index is 12.2. The van der Waals surface area contributed by atoms with Crippen molar-refractivity contribution < 1.29 is 22.7 Å². The summed E-state index contributed by atoms with van der Waals surface area (Å²) in [5.74, 6) is -0.0487. The van der Waals surface area contributed by atoms with Gasteiger partial charge in [-0.05, 0) is 44.0 Å². The van der Waals surface area contributed by atoms with E-state index in [2.05, 4.69) is 9.46 Å². The highest BCUT2D eigenvalue weighted by Crippen LogP contribution is 2.22. The molecule has 0 aliphatic heterocycles. The largest absolute Gasteiger partial charge is 0.482 e. The van der Waals surface area contributed by atoms with E-state index in [0.29, 0.717) is 17.7 Å². The number of aryl methyl sites for hydroxylation is 1. The monoisotopic (exact) mass is 315 g/mol. The summed E-state index contributed by atoms with van der Waals surface area (Å²) in [5, 5.41) is 0. The molecule has 0 heterocycles. The molecule has 0 bridgehead atoms. The SMILES string of the molecule is CC[C@H](C)NS(=O)(=O)c1ccc(OCC(=O)OC)c(C)c1. The summed E-state index contributed by atoms with van der Waals surface area (Å²) in [6.45, 7) is 5.21. The number of hydrogen-bond donors (Lipinski definition) is 1. The third-order valence-corrected chi connectivity index (χ3v) is 4.59. The number of methoxy groups -OCH3 is 1. The Hall–Kier alpha value is -1.60. The lowest BCUT2D eigenvalue weighted by Crippen LogP contribution is -2.32. The third kappa shape index (κ3) is 5.02. The number of carbonyl (C=O) groups is 1. The lowest BCUT2D eigenvalue weighted by atomic mass is 10.2. The van der Waals surface area contributed by atoms with E-state index in [1.54, 1.807) is 13.8 Å². The minimum absolute atomic E-state index is 0.134. The molecule has 0 spiro atoms. The van der Waals surface area contributed by atoms with E-state index in [1.807, 2.05) is 6.92 Å². The summed E-state index contributed by atoms with van der Waals surface area (Å²) in [6.07, 6.45) is 0.707. The van der Waals surface area contributed by atoms with Crippen molar-refractivity contribution in [1.29, 1.82) is 0 Å². The minimum Gasteiger partial charge on any atom is -0.482 e. The maximum Gasteiger partial charge on any atom is 0.343 e. The third-order valence-electron chi connectivity index (χ3n) is 3.00. The molecule has 1 aromatic carbocycles. The van der Waals surface area contributed by atoms with Gasteiger partial charge >= 0.3 is 5.97 Å². The van der Waals surface area contributed by atoms with Gasteiger partial charge < -0.3 is 9.47 Å². The highest BCUT2D eigenvalue weighted by molar-refractivity contribution is 7.89. The second-order valence-corrected chi connectivity index (χ2v) is 6.44. The minimum atomic E-state index is -3.54. The molecule has 0 saturated heterocycles. The smallest absolute Gasteiger partial charge is 0.343 e. The van der Waals surface area contributed by atoms with Crippen LogP contribution in [0.4, 0.5) is 0 Å². The first-order valence-corrected chi connectivity index (χ1v) is 8.11. The predicted octanol–water partition coefficient (Wildman–Crippen LogP) is 1.62. The van der Waals surface area contributed by atoms with Gasteiger partial charge in [-0.1, -0.05) is 6.92 Å². The molecule has 0 aliphatic rings. The molecule has 0 fully saturated rings. The maximum atomic E-state index is 12.2. The number of hydrogen-bond acceptors (Lipinski definition) is 5. The quantitative estimate of drug-likeness (QED) is 0.773. The number of benzene rings is 1. The summed E-state index contributed by atoms with van der Waals surface area (Å²) >= 11 is 0. The van der Waals surface area contributed by atoms with E-state index in [4.69, 9.17) is 4.74 Å². The highest BCUT2D eigenvalue weighted by Gasteiger charge is 2.17. The first-order chi connectivity index (χ1) is 9.80. The Morgan fingerprint density at radius 1 is 1.38 bits per heavy atom. The Morgan fingerprint density at radius 2 is 2.05 bits per heavy atom. The van der Waals surface area contributed by atoms with Gasteiger partial charge in [-0.2, -0.15) is 0 Å². The fourth-order valence-electron chi connectivity index (χ4n) is 1.56. The number of esters is 1. The summed E-state index contributed by atoms with van der Waals surface area (Å²) < 4.78 is 36.6. The van der Waals surface area contributed by atoms with Crippen LogP contribution in [0.3, 0.4) is 0 Å². The predicted molar refractivity (Wildman–Crippen MR) is 78.8 cm³/mol. The Kier molecular flexibility index (Phi) is 6.17. The van der Waals surface area contributed by atoms with E-state index in [9.17, 15) is 13.2 Å². The molecule has 0 radical (unpaired) electrons. The molecule has 0 unspecified atom stereocenters. The standard InChI is InChI=1S/C14H21NO5S/c1-5-11(3)15-21(17,18)12-6-7-13(10(2)8-12)20-9-14(16)19-4/h6-8,11,15H,5,9H2,1-4H3/t11-/m0/s1. The van der Waals surface area contributed by atoms with Gasteiger partial charge in [0.05, 0.1) is 12.0 Å². The molecule has 7 heteroatoms. The average molecular weight is 315 g/mol. The first-order valence-electron chi connectivity index (χ1n) is 6.62. The molecule has 1 atom stereocenters. The lowest BCUT2D eigenvalue weighted by Gasteiger charge is -2.14. The van der Waals surface area contributed by atoms with Crippen LogP contribution in [-0.2, 0) is 19.6 Å². The fourth-order valence-corrected chi connectivity index (χ4v) is 2.97. The Morgan fingerprint density at radius 3 is 2.57 bits per heavy atom. The van der Waals surface area contributed by atoms with E-state index in [1.165, 1.54) is 25.3 Å². The zero-order valence-corrected chi connectivity index (χ0v) is 13.5. The molecular weight excluding hydrogens is 294 g/mol. The number of ether oxygens (including phenoxy) is 2. The lowest BCUT2D eigenvalue weighted by molar-refractivity contribution is -0.142. The van der Waals surface area contributed by atoms with Crippen molar-refractivity contribution in [1.82, 2.24) is 4.72 Å². The van der Waals surface area contributed by atoms with Crippen molar-refractivity contribution >= 4 is 16.0 Å². The molecule has 1 rings (SSSR count). The average Bonchev–Trinajstić information content (AvgIpc) is 2.44. The molecular formula is C14H21NO5S. The van der Waals surface area contributed by atoms with Crippen LogP contribution in [0.2, 0.25) is 0 Å². The number of sulfonamides is 1. The van der Waals surface area contributed by atoms with Crippen LogP contribution in [0.15, 0.2) is 23.1 Å². The molecule has 0 aliphatic carbocycles. The van der Waals surface area contributed by atoms with Crippen molar-refractivity contribution in [3.8, 4) is 5.75 Å². The van der Waals surface area contributed by atoms with Crippen LogP contribution < -0.4 is 9.46 Å². The van der Waals surface area contributed by atoms with Crippen molar-refractivity contribution in [3.63, 3.8) is 0 Å². The van der Waals surface area contributed by atoms with Crippen molar-refractivity contribution in [3.05, 3.63) is 23.8 Å². The molecule has 118 valence electrons. The Bertz CT molecular complexity index is 597. The van der Waals surface area contributed by atoms with E-state index in [-0.39, 0.29) is 17.5 Å². The van der Waals surface area contributed by atoms with Crippen LogP contribution in [0.5, 0.6) is 5.75 Å². The Balaban J connectivity index is 2.89. The van der Waals surface area contributed by atoms with Crippen LogP contribution in [-0.4, -0.2) is 34.1 Å². The summed E-state index contributed by atoms with van der Waals surface area (Å²) in [5.41, 5.74) is 0.630. The van der Waals surface area contributed by atoms with Gasteiger partial charge in [-0.15, -0.1) is 0 Å². The van der Waals surface area contributed by atoms with Gasteiger partial charge in [0, 0.05) is 6.04 Å². The van der Waals surface area contributed by atoms with Crippen LogP contribution in [0, 0.1) is 6.92 Å². The summed E-state index contributed by atoms with van der Waals surface area (Å²) in [6, 6.07) is 4.36. The topological polar surface area (TPSA) is 81.7 Å². The molecule has 6 nitrogen and oxygen atoms in total. The van der Waals surface area contributed by atoms with Gasteiger partial charge in [0.25, 0.3) is 0 Å². The molecule has 21 heavy (non-hydrogen) atoms. The number of rotatable bonds is 7. The molecule has 1 N–H and O–H groups in total. The van der Waals surface area contributed by atoms with Gasteiger partial charge in [0.1, 0.15) is 5.75 Å². The van der Waals surface area contributed by atoms with E-state index >= 15 is 0 Å². The molecule has 0 saturated carbocycles. The fraction of sp³-hybridized carbons (Fsp3) is 0.500. The zero-order chi connectivity index (χ0) is 16.0. The normalized spacial score (nSPS) is 12.8. The number of nitrogens with one attached hydrogen (secondary N) is 1. The van der Waals surface area contributed by atoms with Gasteiger partial charge in [0.15, 0.2) is 6.61 Å². The summed E-state index contributed by atoms with van der Waals surface area (Å²) in [7, 11) is -2.27. The molecule has 0 aromatic heterocycles. The van der Waals surface area contributed by atoms with Crippen LogP contribution in [0.25, 0.3) is 0 Å². The van der Waals surface area contributed by atoms with Crippen molar-refractivity contribution in [2.24, 2.45) is 0 Å². The van der Waals surface area contributed by atoms with Gasteiger partial charge in [0.2, 0.25) is 10.0 Å². The highest BCUT2D eigenvalue weighted by atomic mass is 32.2.